The quantitative estimate of drug-likeness (QED) is 0.435. The topological polar surface area (TPSA) is 74.6 Å². The van der Waals surface area contributed by atoms with Gasteiger partial charge in [-0.25, -0.2) is 9.59 Å². The zero-order valence-electron chi connectivity index (χ0n) is 12.6. The molecule has 0 fully saturated rings. The fraction of sp³-hybridized carbons (Fsp3) is 0.625. The predicted octanol–water partition coefficient (Wildman–Crippen LogP) is 4.42. The highest BCUT2D eigenvalue weighted by molar-refractivity contribution is 5.85. The highest BCUT2D eigenvalue weighted by Gasteiger charge is 2.02. The molecule has 0 bridgehead atoms. The summed E-state index contributed by atoms with van der Waals surface area (Å²) in [6.07, 6.45) is 11.4. The summed E-state index contributed by atoms with van der Waals surface area (Å²) in [5.41, 5.74) is 0.348. The molecule has 116 valence electrons. The van der Waals surface area contributed by atoms with E-state index in [-0.39, 0.29) is 0 Å². The Balaban J connectivity index is 0. The SMILES string of the molecule is C=C(CCCCCCCCCC)C(=O)O.C=CC(=O)O. The molecule has 4 nitrogen and oxygen atoms in total. The zero-order valence-corrected chi connectivity index (χ0v) is 12.6. The van der Waals surface area contributed by atoms with Crippen molar-refractivity contribution in [3.05, 3.63) is 24.8 Å². The van der Waals surface area contributed by atoms with E-state index in [0.29, 0.717) is 12.0 Å². The first-order valence-electron chi connectivity index (χ1n) is 7.22. The third-order valence-corrected chi connectivity index (χ3v) is 2.81. The van der Waals surface area contributed by atoms with Crippen molar-refractivity contribution in [2.45, 2.75) is 64.7 Å². The summed E-state index contributed by atoms with van der Waals surface area (Å²) in [5.74, 6) is -1.83. The second-order valence-corrected chi connectivity index (χ2v) is 4.68. The first kappa shape index (κ1) is 20.7. The second kappa shape index (κ2) is 15.5. The largest absolute Gasteiger partial charge is 0.478 e. The lowest BCUT2D eigenvalue weighted by molar-refractivity contribution is -0.133. The Morgan fingerprint density at radius 1 is 0.950 bits per heavy atom. The Labute approximate surface area is 122 Å². The molecule has 0 amide bonds. The van der Waals surface area contributed by atoms with Crippen molar-refractivity contribution in [3.8, 4) is 0 Å². The van der Waals surface area contributed by atoms with E-state index in [9.17, 15) is 9.59 Å². The molecule has 0 aliphatic heterocycles. The molecule has 0 unspecified atom stereocenters. The van der Waals surface area contributed by atoms with Gasteiger partial charge in [0.1, 0.15) is 0 Å². The monoisotopic (exact) mass is 284 g/mol. The second-order valence-electron chi connectivity index (χ2n) is 4.68. The fourth-order valence-corrected chi connectivity index (χ4v) is 1.58. The lowest BCUT2D eigenvalue weighted by Gasteiger charge is -2.01. The molecule has 4 heteroatoms. The summed E-state index contributed by atoms with van der Waals surface area (Å²) in [6, 6.07) is 0. The standard InChI is InChI=1S/C13H24O2.C3H4O2/c1-3-4-5-6-7-8-9-10-11-12(2)13(14)15;1-2-3(4)5/h2-11H2,1H3,(H,14,15);2H,1H2,(H,4,5). The van der Waals surface area contributed by atoms with Crippen LogP contribution in [0.1, 0.15) is 64.7 Å². The van der Waals surface area contributed by atoms with Crippen molar-refractivity contribution in [2.24, 2.45) is 0 Å². The lowest BCUT2D eigenvalue weighted by atomic mass is 10.1. The molecule has 0 heterocycles. The van der Waals surface area contributed by atoms with E-state index < -0.39 is 11.9 Å². The molecule has 0 aromatic rings. The molecule has 0 saturated carbocycles. The van der Waals surface area contributed by atoms with Gasteiger partial charge in [-0.2, -0.15) is 0 Å². The van der Waals surface area contributed by atoms with Crippen LogP contribution in [0.15, 0.2) is 24.8 Å². The molecule has 0 aromatic heterocycles. The number of hydrogen-bond donors (Lipinski definition) is 2. The maximum Gasteiger partial charge on any atom is 0.330 e. The summed E-state index contributed by atoms with van der Waals surface area (Å²) in [4.78, 5) is 19.7. The van der Waals surface area contributed by atoms with Crippen LogP contribution < -0.4 is 0 Å². The lowest BCUT2D eigenvalue weighted by Crippen LogP contribution is -1.98. The van der Waals surface area contributed by atoms with Crippen molar-refractivity contribution in [1.82, 2.24) is 0 Å². The molecular formula is C16H28O4. The van der Waals surface area contributed by atoms with Gasteiger partial charge in [-0.05, 0) is 12.8 Å². The Morgan fingerprint density at radius 2 is 1.35 bits per heavy atom. The minimum Gasteiger partial charge on any atom is -0.478 e. The number of unbranched alkanes of at least 4 members (excludes halogenated alkanes) is 7. The Hall–Kier alpha value is -1.58. The van der Waals surface area contributed by atoms with E-state index in [0.717, 1.165) is 18.9 Å². The highest BCUT2D eigenvalue weighted by atomic mass is 16.4. The molecule has 0 spiro atoms. The van der Waals surface area contributed by atoms with Crippen molar-refractivity contribution < 1.29 is 19.8 Å². The van der Waals surface area contributed by atoms with Gasteiger partial charge in [0.15, 0.2) is 0 Å². The van der Waals surface area contributed by atoms with Gasteiger partial charge < -0.3 is 10.2 Å². The van der Waals surface area contributed by atoms with E-state index in [1.807, 2.05) is 0 Å². The molecule has 0 aromatic carbocycles. The minimum atomic E-state index is -0.981. The first-order valence-corrected chi connectivity index (χ1v) is 7.22. The molecule has 0 atom stereocenters. The van der Waals surface area contributed by atoms with E-state index in [4.69, 9.17) is 10.2 Å². The maximum absolute atomic E-state index is 10.4. The van der Waals surface area contributed by atoms with E-state index in [2.05, 4.69) is 20.1 Å². The van der Waals surface area contributed by atoms with Crippen molar-refractivity contribution in [2.75, 3.05) is 0 Å². The highest BCUT2D eigenvalue weighted by Crippen LogP contribution is 2.11. The smallest absolute Gasteiger partial charge is 0.330 e. The van der Waals surface area contributed by atoms with Gasteiger partial charge in [0.05, 0.1) is 0 Å². The fourth-order valence-electron chi connectivity index (χ4n) is 1.58. The number of rotatable bonds is 11. The van der Waals surface area contributed by atoms with Crippen LogP contribution in [0, 0.1) is 0 Å². The molecule has 0 aliphatic rings. The Bertz CT molecular complexity index is 295. The van der Waals surface area contributed by atoms with Gasteiger partial charge in [-0.1, -0.05) is 65.0 Å². The average molecular weight is 284 g/mol. The summed E-state index contributed by atoms with van der Waals surface area (Å²) in [6.45, 7) is 8.69. The summed E-state index contributed by atoms with van der Waals surface area (Å²) in [5, 5.41) is 16.2. The summed E-state index contributed by atoms with van der Waals surface area (Å²) >= 11 is 0. The van der Waals surface area contributed by atoms with Gasteiger partial charge in [0.25, 0.3) is 0 Å². The van der Waals surface area contributed by atoms with Gasteiger partial charge in [0.2, 0.25) is 0 Å². The van der Waals surface area contributed by atoms with Gasteiger partial charge in [-0.3, -0.25) is 0 Å². The Morgan fingerprint density at radius 3 is 1.70 bits per heavy atom. The molecule has 20 heavy (non-hydrogen) atoms. The molecule has 0 radical (unpaired) electrons. The van der Waals surface area contributed by atoms with Crippen molar-refractivity contribution in [1.29, 1.82) is 0 Å². The van der Waals surface area contributed by atoms with Crippen LogP contribution in [0.25, 0.3) is 0 Å². The predicted molar refractivity (Wildman–Crippen MR) is 81.8 cm³/mol. The van der Waals surface area contributed by atoms with Crippen LogP contribution >= 0.6 is 0 Å². The average Bonchev–Trinajstić information content (AvgIpc) is 2.42. The van der Waals surface area contributed by atoms with Crippen LogP contribution in [-0.4, -0.2) is 22.2 Å². The normalized spacial score (nSPS) is 9.25. The Kier molecular flexibility index (Phi) is 16.0. The van der Waals surface area contributed by atoms with Crippen LogP contribution in [0.5, 0.6) is 0 Å². The summed E-state index contributed by atoms with van der Waals surface area (Å²) in [7, 11) is 0. The van der Waals surface area contributed by atoms with Crippen LogP contribution in [0.4, 0.5) is 0 Å². The van der Waals surface area contributed by atoms with Gasteiger partial charge >= 0.3 is 11.9 Å². The molecule has 2 N–H and O–H groups in total. The first-order chi connectivity index (χ1) is 9.45. The molecular weight excluding hydrogens is 256 g/mol. The van der Waals surface area contributed by atoms with Gasteiger partial charge in [-0.15, -0.1) is 0 Å². The molecule has 0 rings (SSSR count). The maximum atomic E-state index is 10.4. The van der Waals surface area contributed by atoms with Crippen LogP contribution in [0.3, 0.4) is 0 Å². The third-order valence-electron chi connectivity index (χ3n) is 2.81. The molecule has 0 saturated heterocycles. The van der Waals surface area contributed by atoms with E-state index in [1.54, 1.807) is 0 Å². The number of carbonyl (C=O) groups is 2. The van der Waals surface area contributed by atoms with Gasteiger partial charge in [0, 0.05) is 11.6 Å². The number of hydrogen-bond acceptors (Lipinski definition) is 2. The summed E-state index contributed by atoms with van der Waals surface area (Å²) < 4.78 is 0. The van der Waals surface area contributed by atoms with Crippen molar-refractivity contribution in [3.63, 3.8) is 0 Å². The number of carboxylic acid groups (broad SMARTS) is 2. The van der Waals surface area contributed by atoms with E-state index >= 15 is 0 Å². The van der Waals surface area contributed by atoms with Crippen molar-refractivity contribution >= 4 is 11.9 Å². The number of aliphatic carboxylic acids is 2. The third kappa shape index (κ3) is 18.8. The van der Waals surface area contributed by atoms with Crippen LogP contribution in [-0.2, 0) is 9.59 Å². The minimum absolute atomic E-state index is 0.348. The zero-order chi connectivity index (χ0) is 15.8. The van der Waals surface area contributed by atoms with E-state index in [1.165, 1.54) is 38.5 Å². The van der Waals surface area contributed by atoms with Crippen LogP contribution in [0.2, 0.25) is 0 Å². The molecule has 0 aliphatic carbocycles. The number of carboxylic acids is 2.